The molecule has 0 unspecified atom stereocenters. The lowest BCUT2D eigenvalue weighted by Gasteiger charge is -2.11. The Morgan fingerprint density at radius 1 is 1.35 bits per heavy atom. The number of nitriles is 2. The number of phenols is 1. The van der Waals surface area contributed by atoms with Crippen molar-refractivity contribution in [3.05, 3.63) is 34.6 Å². The highest BCUT2D eigenvalue weighted by molar-refractivity contribution is 6.03. The van der Waals surface area contributed by atoms with Gasteiger partial charge in [-0.1, -0.05) is 0 Å². The summed E-state index contributed by atoms with van der Waals surface area (Å²) >= 11 is 0. The number of aliphatic hydroxyl groups excluding tert-OH is 1. The van der Waals surface area contributed by atoms with Crippen LogP contribution in [0.3, 0.4) is 0 Å². The zero-order valence-electron chi connectivity index (χ0n) is 10.7. The average Bonchev–Trinajstić information content (AvgIpc) is 2.41. The highest BCUT2D eigenvalue weighted by atomic mass is 19.1. The molecular weight excluding hydrogens is 265 g/mol. The summed E-state index contributed by atoms with van der Waals surface area (Å²) in [5.41, 5.74) is -1.26. The summed E-state index contributed by atoms with van der Waals surface area (Å²) in [6.45, 7) is 0. The van der Waals surface area contributed by atoms with Gasteiger partial charge < -0.3 is 15.1 Å². The number of aliphatic hydroxyl groups is 1. The number of likely N-dealkylation sites (N-methyl/N-ethyl adjacent to an activating group) is 1. The molecule has 7 heteroatoms. The van der Waals surface area contributed by atoms with Gasteiger partial charge in [-0.25, -0.2) is 4.39 Å². The van der Waals surface area contributed by atoms with Crippen LogP contribution in [0.2, 0.25) is 0 Å². The first-order chi connectivity index (χ1) is 9.33. The monoisotopic (exact) mass is 275 g/mol. The number of halogens is 1. The van der Waals surface area contributed by atoms with Gasteiger partial charge in [0.1, 0.15) is 17.9 Å². The number of carbonyl (C=O) groups is 1. The third-order valence-electron chi connectivity index (χ3n) is 2.43. The van der Waals surface area contributed by atoms with Gasteiger partial charge >= 0.3 is 0 Å². The summed E-state index contributed by atoms with van der Waals surface area (Å²) in [7, 11) is 2.76. The van der Waals surface area contributed by atoms with Gasteiger partial charge in [0.15, 0.2) is 17.1 Å². The first-order valence-corrected chi connectivity index (χ1v) is 5.31. The maximum atomic E-state index is 13.4. The fraction of sp³-hybridized carbons (Fsp3) is 0.154. The second-order valence-electron chi connectivity index (χ2n) is 4.00. The zero-order chi connectivity index (χ0) is 15.4. The van der Waals surface area contributed by atoms with E-state index >= 15 is 0 Å². The lowest BCUT2D eigenvalue weighted by atomic mass is 10.0. The Kier molecular flexibility index (Phi) is 4.29. The Labute approximate surface area is 114 Å². The van der Waals surface area contributed by atoms with Gasteiger partial charge in [-0.05, 0) is 12.1 Å². The van der Waals surface area contributed by atoms with Crippen LogP contribution in [0.1, 0.15) is 11.1 Å². The summed E-state index contributed by atoms with van der Waals surface area (Å²) in [6, 6.07) is 4.77. The Morgan fingerprint density at radius 3 is 2.40 bits per heavy atom. The van der Waals surface area contributed by atoms with Gasteiger partial charge in [0, 0.05) is 19.7 Å². The molecule has 0 heterocycles. The van der Waals surface area contributed by atoms with Crippen LogP contribution in [0.15, 0.2) is 17.7 Å². The number of amides is 1. The van der Waals surface area contributed by atoms with Crippen molar-refractivity contribution >= 4 is 11.7 Å². The van der Waals surface area contributed by atoms with Crippen molar-refractivity contribution in [3.63, 3.8) is 0 Å². The number of aromatic hydroxyl groups is 1. The highest BCUT2D eigenvalue weighted by Crippen LogP contribution is 2.26. The van der Waals surface area contributed by atoms with Crippen LogP contribution < -0.4 is 0 Å². The molecule has 0 saturated carbocycles. The summed E-state index contributed by atoms with van der Waals surface area (Å²) in [5.74, 6) is -3.53. The van der Waals surface area contributed by atoms with E-state index in [1.807, 2.05) is 0 Å². The van der Waals surface area contributed by atoms with Crippen molar-refractivity contribution in [2.75, 3.05) is 14.1 Å². The number of nitrogens with zero attached hydrogens (tertiary/aromatic N) is 3. The Bertz CT molecular complexity index is 681. The molecule has 6 nitrogen and oxygen atoms in total. The molecule has 1 rings (SSSR count). The van der Waals surface area contributed by atoms with E-state index < -0.39 is 34.4 Å². The fourth-order valence-corrected chi connectivity index (χ4v) is 1.39. The minimum Gasteiger partial charge on any atom is -0.506 e. The van der Waals surface area contributed by atoms with Crippen LogP contribution in [0, 0.1) is 28.5 Å². The molecule has 20 heavy (non-hydrogen) atoms. The standard InChI is InChI=1S/C13H10FN3O3/c1-17(2)13(20)9(6-16)11(18)7-3-8(5-15)12(19)10(14)4-7/h3-4,18-19H,1-2H3/b11-9-. The van der Waals surface area contributed by atoms with Gasteiger partial charge in [0.25, 0.3) is 5.91 Å². The number of phenolic OH excluding ortho intramolecular Hbond substituents is 1. The predicted octanol–water partition coefficient (Wildman–Crippen LogP) is 1.28. The van der Waals surface area contributed by atoms with Crippen LogP contribution in [0.5, 0.6) is 5.75 Å². The quantitative estimate of drug-likeness (QED) is 0.480. The van der Waals surface area contributed by atoms with Crippen LogP contribution in [-0.2, 0) is 4.79 Å². The third kappa shape index (κ3) is 2.68. The number of benzene rings is 1. The number of hydrogen-bond acceptors (Lipinski definition) is 5. The van der Waals surface area contributed by atoms with E-state index in [1.54, 1.807) is 0 Å². The molecule has 0 saturated heterocycles. The van der Waals surface area contributed by atoms with Crippen molar-refractivity contribution in [2.45, 2.75) is 0 Å². The first-order valence-electron chi connectivity index (χ1n) is 5.31. The first kappa shape index (κ1) is 15.0. The summed E-state index contributed by atoms with van der Waals surface area (Å²) in [4.78, 5) is 12.7. The van der Waals surface area contributed by atoms with E-state index in [0.717, 1.165) is 17.0 Å². The Morgan fingerprint density at radius 2 is 1.95 bits per heavy atom. The molecule has 102 valence electrons. The molecule has 0 aromatic heterocycles. The van der Waals surface area contributed by atoms with Crippen molar-refractivity contribution < 1.29 is 19.4 Å². The number of hydrogen-bond donors (Lipinski definition) is 2. The van der Waals surface area contributed by atoms with Crippen LogP contribution in [0.4, 0.5) is 4.39 Å². The van der Waals surface area contributed by atoms with Gasteiger partial charge in [-0.3, -0.25) is 4.79 Å². The second kappa shape index (κ2) is 5.72. The van der Waals surface area contributed by atoms with Crippen LogP contribution >= 0.6 is 0 Å². The molecule has 0 radical (unpaired) electrons. The van der Waals surface area contributed by atoms with Crippen molar-refractivity contribution in [3.8, 4) is 17.9 Å². The molecule has 1 amide bonds. The van der Waals surface area contributed by atoms with Gasteiger partial charge in [-0.15, -0.1) is 0 Å². The maximum absolute atomic E-state index is 13.4. The molecule has 0 aliphatic carbocycles. The van der Waals surface area contributed by atoms with E-state index in [9.17, 15) is 19.4 Å². The average molecular weight is 275 g/mol. The highest BCUT2D eigenvalue weighted by Gasteiger charge is 2.20. The molecule has 0 atom stereocenters. The molecule has 0 aliphatic rings. The van der Waals surface area contributed by atoms with E-state index in [0.29, 0.717) is 0 Å². The Balaban J connectivity index is 3.52. The third-order valence-corrected chi connectivity index (χ3v) is 2.43. The molecule has 0 bridgehead atoms. The van der Waals surface area contributed by atoms with Crippen molar-refractivity contribution in [2.24, 2.45) is 0 Å². The molecule has 0 aliphatic heterocycles. The zero-order valence-corrected chi connectivity index (χ0v) is 10.7. The second-order valence-corrected chi connectivity index (χ2v) is 4.00. The predicted molar refractivity (Wildman–Crippen MR) is 66.6 cm³/mol. The van der Waals surface area contributed by atoms with Gasteiger partial charge in [0.2, 0.25) is 0 Å². The minimum atomic E-state index is -1.14. The van der Waals surface area contributed by atoms with Crippen LogP contribution in [0.25, 0.3) is 5.76 Å². The molecule has 0 fully saturated rings. The summed E-state index contributed by atoms with van der Waals surface area (Å²) in [6.07, 6.45) is 0. The SMILES string of the molecule is CN(C)C(=O)/C(C#N)=C(\O)c1cc(F)c(O)c(C#N)c1. The smallest absolute Gasteiger partial charge is 0.267 e. The maximum Gasteiger partial charge on any atom is 0.267 e. The van der Waals surface area contributed by atoms with Crippen molar-refractivity contribution in [1.82, 2.24) is 4.90 Å². The van der Waals surface area contributed by atoms with Gasteiger partial charge in [0.05, 0.1) is 5.56 Å². The van der Waals surface area contributed by atoms with Crippen LogP contribution in [-0.4, -0.2) is 35.1 Å². The Hall–Kier alpha value is -3.06. The number of carbonyl (C=O) groups excluding carboxylic acids is 1. The lowest BCUT2D eigenvalue weighted by Crippen LogP contribution is -2.23. The fourth-order valence-electron chi connectivity index (χ4n) is 1.39. The normalized spacial score (nSPS) is 11.1. The van der Waals surface area contributed by atoms with E-state index in [2.05, 4.69) is 0 Å². The van der Waals surface area contributed by atoms with E-state index in [-0.39, 0.29) is 5.56 Å². The molecule has 1 aromatic rings. The van der Waals surface area contributed by atoms with E-state index in [4.69, 9.17) is 10.5 Å². The van der Waals surface area contributed by atoms with E-state index in [1.165, 1.54) is 26.2 Å². The summed E-state index contributed by atoms with van der Waals surface area (Å²) < 4.78 is 13.4. The van der Waals surface area contributed by atoms with Gasteiger partial charge in [-0.2, -0.15) is 10.5 Å². The summed E-state index contributed by atoms with van der Waals surface area (Å²) in [5, 5.41) is 36.8. The lowest BCUT2D eigenvalue weighted by molar-refractivity contribution is -0.124. The topological polar surface area (TPSA) is 108 Å². The van der Waals surface area contributed by atoms with Crippen molar-refractivity contribution in [1.29, 1.82) is 10.5 Å². The molecule has 1 aromatic carbocycles. The molecular formula is C13H10FN3O3. The largest absolute Gasteiger partial charge is 0.506 e. The minimum absolute atomic E-state index is 0.247. The number of rotatable bonds is 2. The molecule has 0 spiro atoms. The molecule has 2 N–H and O–H groups in total.